The maximum absolute atomic E-state index is 14.3. The number of cyclic esters (lactones) is 1. The second-order valence-electron chi connectivity index (χ2n) is 14.0. The van der Waals surface area contributed by atoms with Crippen molar-refractivity contribution in [1.82, 2.24) is 0 Å². The average molecular weight is 575 g/mol. The number of methoxy groups -OCH3 is 1. The fourth-order valence-electron chi connectivity index (χ4n) is 10.0. The second-order valence-corrected chi connectivity index (χ2v) is 14.0. The van der Waals surface area contributed by atoms with E-state index >= 15 is 0 Å². The summed E-state index contributed by atoms with van der Waals surface area (Å²) in [7, 11) is 1.53. The molecule has 10 heteroatoms. The molecule has 0 unspecified atom stereocenters. The summed E-state index contributed by atoms with van der Waals surface area (Å²) in [6.45, 7) is 5.85. The van der Waals surface area contributed by atoms with E-state index in [4.69, 9.17) is 23.7 Å². The van der Waals surface area contributed by atoms with Crippen molar-refractivity contribution in [3.63, 3.8) is 0 Å². The van der Waals surface area contributed by atoms with Gasteiger partial charge in [0.05, 0.1) is 29.3 Å². The van der Waals surface area contributed by atoms with Gasteiger partial charge < -0.3 is 39.0 Å². The van der Waals surface area contributed by atoms with Crippen LogP contribution in [0.15, 0.2) is 23.0 Å². The van der Waals surface area contributed by atoms with Gasteiger partial charge in [-0.25, -0.2) is 4.79 Å². The Labute approximate surface area is 240 Å². The average Bonchev–Trinajstić information content (AvgIpc) is 3.35. The van der Waals surface area contributed by atoms with Crippen LogP contribution in [0.4, 0.5) is 0 Å². The normalized spacial score (nSPS) is 52.9. The van der Waals surface area contributed by atoms with Crippen LogP contribution in [-0.2, 0) is 33.3 Å². The van der Waals surface area contributed by atoms with Gasteiger partial charge in [-0.15, -0.1) is 0 Å². The number of aliphatic hydroxyl groups excluding tert-OH is 1. The van der Waals surface area contributed by atoms with Gasteiger partial charge in [0.15, 0.2) is 5.76 Å². The molecule has 4 aliphatic carbocycles. The Morgan fingerprint density at radius 1 is 1.02 bits per heavy atom. The maximum atomic E-state index is 14.3. The lowest BCUT2D eigenvalue weighted by Gasteiger charge is -2.64. The van der Waals surface area contributed by atoms with Crippen molar-refractivity contribution in [2.24, 2.45) is 28.6 Å². The van der Waals surface area contributed by atoms with Crippen LogP contribution in [0.1, 0.15) is 72.1 Å². The van der Waals surface area contributed by atoms with Gasteiger partial charge in [-0.05, 0) is 87.2 Å². The van der Waals surface area contributed by atoms with Crippen LogP contribution < -0.4 is 0 Å². The zero-order valence-corrected chi connectivity index (χ0v) is 24.3. The van der Waals surface area contributed by atoms with Crippen LogP contribution in [0.3, 0.4) is 0 Å². The molecule has 0 aromatic heterocycles. The number of esters is 1. The molecule has 0 aromatic rings. The highest BCUT2D eigenvalue weighted by molar-refractivity contribution is 6.02. The number of aliphatic hydroxyl groups is 3. The number of rotatable bonds is 2. The second kappa shape index (κ2) is 9.09. The van der Waals surface area contributed by atoms with Crippen LogP contribution in [0.2, 0.25) is 0 Å². The number of carbonyl (C=O) groups excluding carboxylic acids is 2. The third kappa shape index (κ3) is 3.58. The lowest BCUT2D eigenvalue weighted by atomic mass is 9.42. The van der Waals surface area contributed by atoms with Crippen LogP contribution in [-0.4, -0.2) is 82.9 Å². The fourth-order valence-corrected chi connectivity index (χ4v) is 10.0. The first-order valence-corrected chi connectivity index (χ1v) is 15.2. The Balaban J connectivity index is 1.26. The molecule has 7 rings (SSSR count). The van der Waals surface area contributed by atoms with E-state index in [2.05, 4.69) is 6.92 Å². The number of carbonyl (C=O) groups is 2. The molecule has 10 nitrogen and oxygen atoms in total. The molecule has 0 spiro atoms. The van der Waals surface area contributed by atoms with E-state index in [0.29, 0.717) is 56.1 Å². The Hall–Kier alpha value is -1.82. The highest BCUT2D eigenvalue weighted by Crippen LogP contribution is 2.67. The summed E-state index contributed by atoms with van der Waals surface area (Å²) in [6.07, 6.45) is 3.53. The van der Waals surface area contributed by atoms with Gasteiger partial charge in [-0.2, -0.15) is 0 Å². The van der Waals surface area contributed by atoms with Crippen molar-refractivity contribution in [3.05, 3.63) is 23.0 Å². The molecule has 3 N–H and O–H groups in total. The van der Waals surface area contributed by atoms with Gasteiger partial charge in [0.2, 0.25) is 17.9 Å². The summed E-state index contributed by atoms with van der Waals surface area (Å²) in [5.74, 6) is -3.67. The molecular weight excluding hydrogens is 532 g/mol. The number of ketones is 1. The molecule has 0 aromatic carbocycles. The molecule has 41 heavy (non-hydrogen) atoms. The van der Waals surface area contributed by atoms with Gasteiger partial charge >= 0.3 is 5.97 Å². The molecule has 226 valence electrons. The summed E-state index contributed by atoms with van der Waals surface area (Å²) < 4.78 is 29.5. The van der Waals surface area contributed by atoms with Gasteiger partial charge in [0.25, 0.3) is 0 Å². The third-order valence-corrected chi connectivity index (χ3v) is 12.1. The number of fused-ring (bicyclic) bond motifs is 7. The van der Waals surface area contributed by atoms with Crippen LogP contribution in [0.25, 0.3) is 0 Å². The molecule has 7 aliphatic rings. The van der Waals surface area contributed by atoms with Gasteiger partial charge in [-0.3, -0.25) is 4.79 Å². The molecule has 3 heterocycles. The van der Waals surface area contributed by atoms with Crippen LogP contribution in [0, 0.1) is 28.6 Å². The largest absolute Gasteiger partial charge is 0.504 e. The van der Waals surface area contributed by atoms with Crippen molar-refractivity contribution in [3.8, 4) is 0 Å². The molecular formula is C31H42O10. The molecule has 3 aliphatic heterocycles. The minimum absolute atomic E-state index is 0.0786. The molecule has 0 bridgehead atoms. The first-order valence-electron chi connectivity index (χ1n) is 15.2. The minimum Gasteiger partial charge on any atom is -0.504 e. The zero-order valence-electron chi connectivity index (χ0n) is 24.3. The summed E-state index contributed by atoms with van der Waals surface area (Å²) in [6, 6.07) is 0. The molecule has 2 saturated heterocycles. The quantitative estimate of drug-likeness (QED) is 0.333. The third-order valence-electron chi connectivity index (χ3n) is 12.1. The predicted molar refractivity (Wildman–Crippen MR) is 142 cm³/mol. The van der Waals surface area contributed by atoms with E-state index in [0.717, 1.165) is 6.42 Å². The lowest BCUT2D eigenvalue weighted by molar-refractivity contribution is -0.458. The molecule has 3 saturated carbocycles. The topological polar surface area (TPSA) is 141 Å². The van der Waals surface area contributed by atoms with E-state index in [-0.39, 0.29) is 30.5 Å². The van der Waals surface area contributed by atoms with E-state index < -0.39 is 64.3 Å². The first-order chi connectivity index (χ1) is 19.4. The standard InChI is InChI=1S/C31H42O10/c1-15-10-22(37-4)31(36)27(39-15)40-20-12-17-7-8-19-24(28(17,2)13-21(20)41-31)25(33)26(34)29(3)18(6-5-9-30(19,29)35)16-11-23(32)38-14-16/h11,15,17-22,27,33,35-36H,5-10,12-14H2,1-4H3/t15-,17-,18-,19-,20-,21-,22-,27+,28+,29+,30+,31+/m1/s1. The highest BCUT2D eigenvalue weighted by atomic mass is 16.8. The lowest BCUT2D eigenvalue weighted by Crippen LogP contribution is -2.71. The number of ether oxygens (including phenoxy) is 5. The van der Waals surface area contributed by atoms with Crippen LogP contribution in [0.5, 0.6) is 0 Å². The molecule has 0 amide bonds. The predicted octanol–water partition coefficient (Wildman–Crippen LogP) is 2.85. The number of Topliss-reactive ketones (excluding diaryl/α,β-unsaturated/α-hetero) is 1. The smallest absolute Gasteiger partial charge is 0.331 e. The molecule has 0 radical (unpaired) electrons. The van der Waals surface area contributed by atoms with Gasteiger partial charge in [0.1, 0.15) is 12.7 Å². The number of hydrogen-bond donors (Lipinski definition) is 3. The Morgan fingerprint density at radius 3 is 2.51 bits per heavy atom. The number of allylic oxidation sites excluding steroid dienone is 1. The summed E-state index contributed by atoms with van der Waals surface area (Å²) in [5.41, 5.74) is -1.99. The van der Waals surface area contributed by atoms with Crippen LogP contribution >= 0.6 is 0 Å². The number of hydrogen-bond acceptors (Lipinski definition) is 10. The Kier molecular flexibility index (Phi) is 6.21. The van der Waals surface area contributed by atoms with Crippen molar-refractivity contribution in [2.75, 3.05) is 13.7 Å². The monoisotopic (exact) mass is 574 g/mol. The van der Waals surface area contributed by atoms with E-state index in [1.807, 2.05) is 6.92 Å². The van der Waals surface area contributed by atoms with E-state index in [9.17, 15) is 24.9 Å². The Bertz CT molecular complexity index is 1230. The summed E-state index contributed by atoms with van der Waals surface area (Å²) in [5, 5.41) is 36.0. The summed E-state index contributed by atoms with van der Waals surface area (Å²) in [4.78, 5) is 26.2. The first kappa shape index (κ1) is 28.0. The molecule has 5 fully saturated rings. The minimum atomic E-state index is -1.78. The van der Waals surface area contributed by atoms with Gasteiger partial charge in [-0.1, -0.05) is 6.92 Å². The highest BCUT2D eigenvalue weighted by Gasteiger charge is 2.71. The maximum Gasteiger partial charge on any atom is 0.331 e. The zero-order chi connectivity index (χ0) is 29.1. The molecule has 12 atom stereocenters. The summed E-state index contributed by atoms with van der Waals surface area (Å²) >= 11 is 0. The SMILES string of the molecule is CO[C@@H]1C[C@@H](C)O[C@H]2O[C@@H]3C[C@H]4CC[C@@H]5C(=C(O)C(=O)[C@]6(C)[C@@H](C7=CC(=O)OC7)CCC[C@]56O)[C@@]4(C)C[C@H]3O[C@]21O. The van der Waals surface area contributed by atoms with Crippen molar-refractivity contribution < 1.29 is 48.6 Å². The fraction of sp³-hybridized carbons (Fsp3) is 0.806. The van der Waals surface area contributed by atoms with E-state index in [1.54, 1.807) is 6.92 Å². The van der Waals surface area contributed by atoms with Crippen molar-refractivity contribution >= 4 is 11.8 Å². The Morgan fingerprint density at radius 2 is 1.80 bits per heavy atom. The van der Waals surface area contributed by atoms with Crippen molar-refractivity contribution in [2.45, 2.75) is 114 Å². The van der Waals surface area contributed by atoms with Gasteiger partial charge in [0, 0.05) is 25.5 Å². The van der Waals surface area contributed by atoms with Crippen molar-refractivity contribution in [1.29, 1.82) is 0 Å². The van der Waals surface area contributed by atoms with E-state index in [1.165, 1.54) is 13.2 Å².